The maximum absolute atomic E-state index is 12.5. The standard InChI is InChI=1S/C15H19NO3S2/c17-10-4-3-6-13-5-1-2-7-15(13)21(18,19)16-14-8-11-20-12-9-14/h1-2,5,7,14,16-17H,4,8-12H2. The molecule has 1 heterocycles. The Kier molecular flexibility index (Phi) is 6.12. The molecule has 6 heteroatoms. The highest BCUT2D eigenvalue weighted by Gasteiger charge is 2.23. The van der Waals surface area contributed by atoms with Crippen molar-refractivity contribution < 1.29 is 13.5 Å². The van der Waals surface area contributed by atoms with Crippen molar-refractivity contribution in [1.82, 2.24) is 4.72 Å². The zero-order valence-electron chi connectivity index (χ0n) is 11.7. The first-order valence-corrected chi connectivity index (χ1v) is 9.56. The van der Waals surface area contributed by atoms with E-state index in [-0.39, 0.29) is 17.5 Å². The minimum atomic E-state index is -3.55. The predicted molar refractivity (Wildman–Crippen MR) is 85.7 cm³/mol. The van der Waals surface area contributed by atoms with Gasteiger partial charge < -0.3 is 5.11 Å². The summed E-state index contributed by atoms with van der Waals surface area (Å²) in [5.74, 6) is 7.58. The first-order chi connectivity index (χ1) is 10.1. The summed E-state index contributed by atoms with van der Waals surface area (Å²) in [6, 6.07) is 6.73. The summed E-state index contributed by atoms with van der Waals surface area (Å²) < 4.78 is 27.8. The lowest BCUT2D eigenvalue weighted by atomic mass is 10.2. The fourth-order valence-electron chi connectivity index (χ4n) is 2.12. The summed E-state index contributed by atoms with van der Waals surface area (Å²) in [5.41, 5.74) is 0.476. The summed E-state index contributed by atoms with van der Waals surface area (Å²) in [7, 11) is -3.55. The molecule has 2 rings (SSSR count). The lowest BCUT2D eigenvalue weighted by molar-refractivity contribution is 0.305. The van der Waals surface area contributed by atoms with Gasteiger partial charge >= 0.3 is 0 Å². The Labute approximate surface area is 130 Å². The van der Waals surface area contributed by atoms with Gasteiger partial charge in [-0.15, -0.1) is 0 Å². The number of aliphatic hydroxyl groups excluding tert-OH is 1. The van der Waals surface area contributed by atoms with Gasteiger partial charge in [-0.05, 0) is 36.5 Å². The minimum Gasteiger partial charge on any atom is -0.395 e. The number of sulfonamides is 1. The minimum absolute atomic E-state index is 0.00899. The second-order valence-electron chi connectivity index (χ2n) is 4.78. The van der Waals surface area contributed by atoms with Crippen molar-refractivity contribution in [1.29, 1.82) is 0 Å². The molecule has 1 saturated heterocycles. The predicted octanol–water partition coefficient (Wildman–Crippen LogP) is 1.59. The Morgan fingerprint density at radius 3 is 2.71 bits per heavy atom. The monoisotopic (exact) mass is 325 g/mol. The maximum Gasteiger partial charge on any atom is 0.242 e. The van der Waals surface area contributed by atoms with Gasteiger partial charge in [0, 0.05) is 18.0 Å². The Hall–Kier alpha value is -1.00. The van der Waals surface area contributed by atoms with E-state index in [1.54, 1.807) is 24.3 Å². The third kappa shape index (κ3) is 4.75. The molecule has 1 aliphatic heterocycles. The van der Waals surface area contributed by atoms with Crippen LogP contribution < -0.4 is 4.72 Å². The molecule has 114 valence electrons. The summed E-state index contributed by atoms with van der Waals surface area (Å²) >= 11 is 1.86. The van der Waals surface area contributed by atoms with Crippen molar-refractivity contribution >= 4 is 21.8 Å². The molecule has 1 aromatic rings. The quantitative estimate of drug-likeness (QED) is 0.825. The molecule has 21 heavy (non-hydrogen) atoms. The van der Waals surface area contributed by atoms with Crippen molar-refractivity contribution in [2.75, 3.05) is 18.1 Å². The van der Waals surface area contributed by atoms with Crippen molar-refractivity contribution in [3.8, 4) is 11.8 Å². The number of nitrogens with one attached hydrogen (secondary N) is 1. The summed E-state index contributed by atoms with van der Waals surface area (Å²) in [6.07, 6.45) is 2.06. The van der Waals surface area contributed by atoms with E-state index >= 15 is 0 Å². The van der Waals surface area contributed by atoms with E-state index in [1.165, 1.54) is 0 Å². The van der Waals surface area contributed by atoms with Crippen molar-refractivity contribution in [2.45, 2.75) is 30.2 Å². The van der Waals surface area contributed by atoms with Crippen LogP contribution in [-0.2, 0) is 10.0 Å². The Morgan fingerprint density at radius 1 is 1.29 bits per heavy atom. The molecule has 0 bridgehead atoms. The zero-order chi connectivity index (χ0) is 15.1. The molecule has 0 aliphatic carbocycles. The van der Waals surface area contributed by atoms with Gasteiger partial charge in [-0.3, -0.25) is 0 Å². The van der Waals surface area contributed by atoms with Crippen LogP contribution in [0.1, 0.15) is 24.8 Å². The largest absolute Gasteiger partial charge is 0.395 e. The number of hydrogen-bond donors (Lipinski definition) is 2. The fraction of sp³-hybridized carbons (Fsp3) is 0.467. The van der Waals surface area contributed by atoms with Crippen LogP contribution in [0.5, 0.6) is 0 Å². The molecule has 0 unspecified atom stereocenters. The zero-order valence-corrected chi connectivity index (χ0v) is 13.3. The van der Waals surface area contributed by atoms with Gasteiger partial charge in [0.05, 0.1) is 11.5 Å². The van der Waals surface area contributed by atoms with Gasteiger partial charge in [-0.25, -0.2) is 13.1 Å². The molecule has 1 fully saturated rings. The second-order valence-corrected chi connectivity index (χ2v) is 7.69. The third-order valence-electron chi connectivity index (χ3n) is 3.18. The van der Waals surface area contributed by atoms with Crippen LogP contribution in [-0.4, -0.2) is 37.7 Å². The van der Waals surface area contributed by atoms with E-state index in [9.17, 15) is 8.42 Å². The van der Waals surface area contributed by atoms with Crippen molar-refractivity contribution in [3.05, 3.63) is 29.8 Å². The first-order valence-electron chi connectivity index (χ1n) is 6.92. The van der Waals surface area contributed by atoms with E-state index < -0.39 is 10.0 Å². The van der Waals surface area contributed by atoms with Crippen LogP contribution >= 0.6 is 11.8 Å². The van der Waals surface area contributed by atoms with Gasteiger partial charge in [0.1, 0.15) is 0 Å². The summed E-state index contributed by atoms with van der Waals surface area (Å²) in [6.45, 7) is -0.0279. The molecule has 0 aromatic heterocycles. The van der Waals surface area contributed by atoms with Gasteiger partial charge in [-0.1, -0.05) is 24.0 Å². The molecule has 0 atom stereocenters. The Bertz CT molecular complexity index is 626. The normalized spacial score (nSPS) is 16.2. The van der Waals surface area contributed by atoms with Crippen LogP contribution in [0.15, 0.2) is 29.2 Å². The van der Waals surface area contributed by atoms with E-state index in [2.05, 4.69) is 16.6 Å². The first kappa shape index (κ1) is 16.4. The number of rotatable bonds is 4. The van der Waals surface area contributed by atoms with Crippen LogP contribution in [0, 0.1) is 11.8 Å². The number of thioether (sulfide) groups is 1. The number of hydrogen-bond acceptors (Lipinski definition) is 4. The van der Waals surface area contributed by atoms with Crippen LogP contribution in [0.25, 0.3) is 0 Å². The maximum atomic E-state index is 12.5. The average molecular weight is 325 g/mol. The van der Waals surface area contributed by atoms with Crippen LogP contribution in [0.4, 0.5) is 0 Å². The molecule has 4 nitrogen and oxygen atoms in total. The van der Waals surface area contributed by atoms with E-state index in [4.69, 9.17) is 5.11 Å². The van der Waals surface area contributed by atoms with E-state index in [1.807, 2.05) is 11.8 Å². The smallest absolute Gasteiger partial charge is 0.242 e. The van der Waals surface area contributed by atoms with Gasteiger partial charge in [-0.2, -0.15) is 11.8 Å². The van der Waals surface area contributed by atoms with Crippen molar-refractivity contribution in [2.24, 2.45) is 0 Å². The summed E-state index contributed by atoms with van der Waals surface area (Å²) in [4.78, 5) is 0.216. The van der Waals surface area contributed by atoms with Crippen LogP contribution in [0.2, 0.25) is 0 Å². The van der Waals surface area contributed by atoms with Crippen molar-refractivity contribution in [3.63, 3.8) is 0 Å². The molecule has 0 radical (unpaired) electrons. The molecular weight excluding hydrogens is 306 g/mol. The van der Waals surface area contributed by atoms with Crippen LogP contribution in [0.3, 0.4) is 0 Å². The Morgan fingerprint density at radius 2 is 2.00 bits per heavy atom. The topological polar surface area (TPSA) is 66.4 Å². The Balaban J connectivity index is 2.21. The number of aliphatic hydroxyl groups is 1. The second kappa shape index (κ2) is 7.85. The highest BCUT2D eigenvalue weighted by Crippen LogP contribution is 2.20. The lowest BCUT2D eigenvalue weighted by Crippen LogP contribution is -2.37. The molecule has 2 N–H and O–H groups in total. The van der Waals surface area contributed by atoms with E-state index in [0.29, 0.717) is 12.0 Å². The molecule has 0 amide bonds. The molecule has 1 aliphatic rings. The average Bonchev–Trinajstić information content (AvgIpc) is 2.48. The molecular formula is C15H19NO3S2. The van der Waals surface area contributed by atoms with Gasteiger partial charge in [0.25, 0.3) is 0 Å². The van der Waals surface area contributed by atoms with Gasteiger partial charge in [0.15, 0.2) is 0 Å². The van der Waals surface area contributed by atoms with Gasteiger partial charge in [0.2, 0.25) is 10.0 Å². The summed E-state index contributed by atoms with van der Waals surface area (Å²) in [5, 5.41) is 8.75. The lowest BCUT2D eigenvalue weighted by Gasteiger charge is -2.22. The highest BCUT2D eigenvalue weighted by molar-refractivity contribution is 7.99. The third-order valence-corrected chi connectivity index (χ3v) is 5.81. The fourth-order valence-corrected chi connectivity index (χ4v) is 4.69. The highest BCUT2D eigenvalue weighted by atomic mass is 32.2. The van der Waals surface area contributed by atoms with E-state index in [0.717, 1.165) is 24.3 Å². The molecule has 0 saturated carbocycles. The molecule has 1 aromatic carbocycles. The number of benzene rings is 1. The SMILES string of the molecule is O=S(=O)(NC1CCSCC1)c1ccccc1C#CCCO. The molecule has 0 spiro atoms.